The molecule has 0 spiro atoms. The molecule has 1 atom stereocenters. The molecule has 38 heavy (non-hydrogen) atoms. The molecule has 3 heterocycles. The minimum absolute atomic E-state index is 0.307. The highest BCUT2D eigenvalue weighted by atomic mass is 35.5. The van der Waals surface area contributed by atoms with Gasteiger partial charge in [-0.25, -0.2) is 0 Å². The Morgan fingerprint density at radius 1 is 1.16 bits per heavy atom. The fraction of sp³-hybridized carbons (Fsp3) is 0.536. The molecule has 202 valence electrons. The van der Waals surface area contributed by atoms with Gasteiger partial charge in [0.2, 0.25) is 0 Å². The minimum Gasteiger partial charge on any atom is -0.480 e. The standard InChI is InChI=1S/C28H35BClN3O5/c1-27(2)28(3,4)38-29(37-27)20-8-7-9-21(24(20)30)32-25(34)22-14-19(17-11-12-17)18(15-31-22)16-33-13-6-5-10-23(33)26(35)36/h7-9,14-15,17,23H,5-6,10-13,16H2,1-4H3,(H,32,34)(H,35,36). The number of rotatable bonds is 7. The summed E-state index contributed by atoms with van der Waals surface area (Å²) in [5, 5.41) is 12.9. The van der Waals surface area contributed by atoms with Crippen LogP contribution in [-0.4, -0.2) is 57.8 Å². The third-order valence-corrected chi connectivity index (χ3v) is 8.75. The number of nitrogens with zero attached hydrogens (tertiary/aromatic N) is 2. The number of likely N-dealkylation sites (tertiary alicyclic amines) is 1. The average molecular weight is 540 g/mol. The van der Waals surface area contributed by atoms with Crippen LogP contribution in [0.2, 0.25) is 5.02 Å². The van der Waals surface area contributed by atoms with Gasteiger partial charge in [-0.2, -0.15) is 0 Å². The van der Waals surface area contributed by atoms with Crippen molar-refractivity contribution >= 4 is 41.7 Å². The van der Waals surface area contributed by atoms with E-state index in [1.807, 2.05) is 50.8 Å². The van der Waals surface area contributed by atoms with Crippen molar-refractivity contribution in [2.75, 3.05) is 11.9 Å². The maximum absolute atomic E-state index is 13.3. The summed E-state index contributed by atoms with van der Waals surface area (Å²) in [7, 11) is -0.646. The van der Waals surface area contributed by atoms with Crippen LogP contribution < -0.4 is 10.8 Å². The Hall–Kier alpha value is -2.46. The number of carbonyl (C=O) groups excluding carboxylic acids is 1. The normalized spacial score (nSPS) is 22.9. The average Bonchev–Trinajstić information content (AvgIpc) is 3.67. The zero-order chi connectivity index (χ0) is 27.2. The molecule has 0 radical (unpaired) electrons. The smallest absolute Gasteiger partial charge is 0.480 e. The van der Waals surface area contributed by atoms with E-state index in [1.54, 1.807) is 12.3 Å². The van der Waals surface area contributed by atoms with Crippen molar-refractivity contribution in [3.63, 3.8) is 0 Å². The molecule has 5 rings (SSSR count). The van der Waals surface area contributed by atoms with E-state index in [9.17, 15) is 14.7 Å². The van der Waals surface area contributed by atoms with Crippen LogP contribution in [0.15, 0.2) is 30.5 Å². The van der Waals surface area contributed by atoms with Gasteiger partial charge in [-0.05, 0) is 89.1 Å². The zero-order valence-electron chi connectivity index (χ0n) is 22.4. The predicted octanol–water partition coefficient (Wildman–Crippen LogP) is 4.60. The molecule has 1 aromatic heterocycles. The number of nitrogens with one attached hydrogen (secondary N) is 1. The maximum Gasteiger partial charge on any atom is 0.496 e. The summed E-state index contributed by atoms with van der Waals surface area (Å²) >= 11 is 6.72. The summed E-state index contributed by atoms with van der Waals surface area (Å²) in [6.07, 6.45) is 6.43. The van der Waals surface area contributed by atoms with Crippen LogP contribution in [0.4, 0.5) is 5.69 Å². The highest BCUT2D eigenvalue weighted by molar-refractivity contribution is 6.66. The second kappa shape index (κ2) is 10.3. The summed E-state index contributed by atoms with van der Waals surface area (Å²) in [5.74, 6) is -0.753. The molecule has 3 aliphatic rings. The lowest BCUT2D eigenvalue weighted by atomic mass is 9.79. The number of piperidine rings is 1. The highest BCUT2D eigenvalue weighted by Gasteiger charge is 2.52. The summed E-state index contributed by atoms with van der Waals surface area (Å²) in [6, 6.07) is 6.77. The molecule has 2 N–H and O–H groups in total. The van der Waals surface area contributed by atoms with Gasteiger partial charge in [-0.15, -0.1) is 0 Å². The largest absolute Gasteiger partial charge is 0.496 e. The Bertz CT molecular complexity index is 1230. The minimum atomic E-state index is -0.777. The second-order valence-corrected chi connectivity index (χ2v) is 12.0. The summed E-state index contributed by atoms with van der Waals surface area (Å²) in [5.41, 5.74) is 2.48. The number of pyridine rings is 1. The number of halogens is 1. The number of aliphatic carboxylic acids is 1. The third kappa shape index (κ3) is 5.34. The van der Waals surface area contributed by atoms with Gasteiger partial charge in [0.05, 0.1) is 21.9 Å². The molecule has 10 heteroatoms. The molecular weight excluding hydrogens is 505 g/mol. The fourth-order valence-corrected chi connectivity index (χ4v) is 5.46. The number of hydrogen-bond acceptors (Lipinski definition) is 6. The van der Waals surface area contributed by atoms with Crippen LogP contribution in [0.5, 0.6) is 0 Å². The predicted molar refractivity (Wildman–Crippen MR) is 147 cm³/mol. The van der Waals surface area contributed by atoms with Crippen LogP contribution in [0.25, 0.3) is 0 Å². The van der Waals surface area contributed by atoms with Crippen molar-refractivity contribution in [2.45, 2.75) is 89.5 Å². The van der Waals surface area contributed by atoms with Gasteiger partial charge in [0, 0.05) is 18.2 Å². The molecule has 1 saturated carbocycles. The molecule has 1 aliphatic carbocycles. The number of aromatic nitrogens is 1. The first-order valence-corrected chi connectivity index (χ1v) is 13.8. The quantitative estimate of drug-likeness (QED) is 0.496. The van der Waals surface area contributed by atoms with Crippen molar-refractivity contribution in [1.29, 1.82) is 0 Å². The molecule has 2 aliphatic heterocycles. The first-order chi connectivity index (χ1) is 18.0. The maximum atomic E-state index is 13.3. The molecule has 0 bridgehead atoms. The number of carboxylic acid groups (broad SMARTS) is 1. The summed E-state index contributed by atoms with van der Waals surface area (Å²) in [6.45, 7) is 9.19. The Labute approximate surface area is 229 Å². The SMILES string of the molecule is CC1(C)OB(c2cccc(NC(=O)c3cc(C4CC4)c(CN4CCCCC4C(=O)O)cn3)c2Cl)OC1(C)C. The molecular formula is C28H35BClN3O5. The molecule has 3 fully saturated rings. The van der Waals surface area contributed by atoms with E-state index < -0.39 is 30.3 Å². The first-order valence-electron chi connectivity index (χ1n) is 13.4. The first kappa shape index (κ1) is 27.1. The molecule has 1 aromatic carbocycles. The third-order valence-electron chi connectivity index (χ3n) is 8.33. The summed E-state index contributed by atoms with van der Waals surface area (Å²) in [4.78, 5) is 31.5. The van der Waals surface area contributed by atoms with Gasteiger partial charge < -0.3 is 19.7 Å². The van der Waals surface area contributed by atoms with Crippen molar-refractivity contribution in [1.82, 2.24) is 9.88 Å². The molecule has 2 aromatic rings. The van der Waals surface area contributed by atoms with E-state index >= 15 is 0 Å². The van der Waals surface area contributed by atoms with E-state index in [0.717, 1.165) is 43.4 Å². The van der Waals surface area contributed by atoms with Crippen molar-refractivity contribution in [3.8, 4) is 0 Å². The topological polar surface area (TPSA) is 101 Å². The zero-order valence-corrected chi connectivity index (χ0v) is 23.2. The van der Waals surface area contributed by atoms with Gasteiger partial charge in [0.15, 0.2) is 0 Å². The summed E-state index contributed by atoms with van der Waals surface area (Å²) < 4.78 is 12.3. The van der Waals surface area contributed by atoms with E-state index in [4.69, 9.17) is 20.9 Å². The van der Waals surface area contributed by atoms with Crippen LogP contribution >= 0.6 is 11.6 Å². The number of anilines is 1. The molecule has 1 amide bonds. The Morgan fingerprint density at radius 3 is 2.53 bits per heavy atom. The van der Waals surface area contributed by atoms with Gasteiger partial charge in [-0.1, -0.05) is 30.2 Å². The lowest BCUT2D eigenvalue weighted by Crippen LogP contribution is -2.44. The number of benzene rings is 1. The van der Waals surface area contributed by atoms with E-state index in [1.165, 1.54) is 0 Å². The van der Waals surface area contributed by atoms with E-state index in [0.29, 0.717) is 40.8 Å². The monoisotopic (exact) mass is 539 g/mol. The van der Waals surface area contributed by atoms with Gasteiger partial charge in [-0.3, -0.25) is 19.5 Å². The van der Waals surface area contributed by atoms with Gasteiger partial charge in [0.1, 0.15) is 11.7 Å². The number of hydrogen-bond donors (Lipinski definition) is 2. The van der Waals surface area contributed by atoms with Crippen LogP contribution in [-0.2, 0) is 20.6 Å². The lowest BCUT2D eigenvalue weighted by molar-refractivity contribution is -0.144. The van der Waals surface area contributed by atoms with Crippen LogP contribution in [0, 0.1) is 0 Å². The van der Waals surface area contributed by atoms with Gasteiger partial charge in [0.25, 0.3) is 5.91 Å². The second-order valence-electron chi connectivity index (χ2n) is 11.6. The number of amides is 1. The number of carboxylic acids is 1. The van der Waals surface area contributed by atoms with Crippen LogP contribution in [0.1, 0.15) is 87.3 Å². The Kier molecular flexibility index (Phi) is 7.33. The molecule has 2 saturated heterocycles. The van der Waals surface area contributed by atoms with Crippen molar-refractivity contribution in [3.05, 3.63) is 52.3 Å². The van der Waals surface area contributed by atoms with Crippen molar-refractivity contribution in [2.24, 2.45) is 0 Å². The molecule has 8 nitrogen and oxygen atoms in total. The Morgan fingerprint density at radius 2 is 1.87 bits per heavy atom. The molecule has 1 unspecified atom stereocenters. The fourth-order valence-electron chi connectivity index (χ4n) is 5.19. The van der Waals surface area contributed by atoms with Crippen LogP contribution in [0.3, 0.4) is 0 Å². The van der Waals surface area contributed by atoms with Gasteiger partial charge >= 0.3 is 13.1 Å². The van der Waals surface area contributed by atoms with Crippen molar-refractivity contribution < 1.29 is 24.0 Å². The highest BCUT2D eigenvalue weighted by Crippen LogP contribution is 2.42. The van der Waals surface area contributed by atoms with E-state index in [2.05, 4.69) is 10.3 Å². The number of carbonyl (C=O) groups is 2. The lowest BCUT2D eigenvalue weighted by Gasteiger charge is -2.33. The van der Waals surface area contributed by atoms with E-state index in [-0.39, 0.29) is 5.91 Å². The Balaban J connectivity index is 1.34.